The minimum Gasteiger partial charge on any atom is -0.487 e. The van der Waals surface area contributed by atoms with Crippen molar-refractivity contribution in [3.05, 3.63) is 23.8 Å². The van der Waals surface area contributed by atoms with Crippen molar-refractivity contribution in [3.63, 3.8) is 0 Å². The number of hydrogen-bond acceptors (Lipinski definition) is 4. The van der Waals surface area contributed by atoms with Gasteiger partial charge < -0.3 is 18.9 Å². The average Bonchev–Trinajstić information content (AvgIpc) is 3.31. The maximum atomic E-state index is 6.48. The minimum absolute atomic E-state index is 0.0161. The number of hydrogen-bond donors (Lipinski definition) is 0. The van der Waals surface area contributed by atoms with Crippen LogP contribution in [0.25, 0.3) is 0 Å². The van der Waals surface area contributed by atoms with Crippen LogP contribution in [0.1, 0.15) is 58.9 Å². The summed E-state index contributed by atoms with van der Waals surface area (Å²) < 4.78 is 18.9. The molecule has 4 aliphatic rings. The van der Waals surface area contributed by atoms with Crippen LogP contribution in [-0.2, 0) is 15.7 Å². The van der Waals surface area contributed by atoms with Crippen molar-refractivity contribution in [2.75, 3.05) is 13.1 Å². The van der Waals surface area contributed by atoms with Gasteiger partial charge in [0.1, 0.15) is 11.4 Å². The lowest BCUT2D eigenvalue weighted by molar-refractivity contribution is 0.00578. The van der Waals surface area contributed by atoms with Crippen molar-refractivity contribution in [2.24, 2.45) is 0 Å². The third-order valence-corrected chi connectivity index (χ3v) is 7.22. The Morgan fingerprint density at radius 3 is 2.27 bits per heavy atom. The predicted octanol–water partition coefficient (Wildman–Crippen LogP) is 2.92. The van der Waals surface area contributed by atoms with E-state index in [2.05, 4.69) is 50.8 Å². The summed E-state index contributed by atoms with van der Waals surface area (Å²) in [5.41, 5.74) is 1.84. The highest BCUT2D eigenvalue weighted by Gasteiger charge is 2.52. The largest absolute Gasteiger partial charge is 0.494 e. The van der Waals surface area contributed by atoms with Gasteiger partial charge in [-0.3, -0.25) is 0 Å². The van der Waals surface area contributed by atoms with Gasteiger partial charge in [0.15, 0.2) is 0 Å². The Balaban J connectivity index is 1.32. The molecular formula is C21H30BNO3. The summed E-state index contributed by atoms with van der Waals surface area (Å²) in [7, 11) is -0.293. The summed E-state index contributed by atoms with van der Waals surface area (Å²) in [4.78, 5) is 2.66. The van der Waals surface area contributed by atoms with E-state index < -0.39 is 0 Å². The van der Waals surface area contributed by atoms with E-state index in [0.29, 0.717) is 0 Å². The molecule has 0 bridgehead atoms. The molecule has 0 amide bonds. The lowest BCUT2D eigenvalue weighted by Crippen LogP contribution is -2.47. The van der Waals surface area contributed by atoms with Crippen LogP contribution in [0.4, 0.5) is 0 Å². The second kappa shape index (κ2) is 5.49. The Kier molecular flexibility index (Phi) is 3.61. The van der Waals surface area contributed by atoms with Crippen molar-refractivity contribution in [1.82, 2.24) is 4.90 Å². The van der Waals surface area contributed by atoms with Crippen molar-refractivity contribution in [3.8, 4) is 5.75 Å². The lowest BCUT2D eigenvalue weighted by Gasteiger charge is -2.38. The van der Waals surface area contributed by atoms with Gasteiger partial charge in [0, 0.05) is 38.4 Å². The first-order valence-corrected chi connectivity index (χ1v) is 10.2. The zero-order valence-corrected chi connectivity index (χ0v) is 16.5. The summed E-state index contributed by atoms with van der Waals surface area (Å²) in [6.07, 6.45) is 6.10. The molecular weight excluding hydrogens is 325 g/mol. The Labute approximate surface area is 157 Å². The molecule has 1 aliphatic carbocycles. The van der Waals surface area contributed by atoms with Gasteiger partial charge in [0.25, 0.3) is 0 Å². The molecule has 3 fully saturated rings. The molecule has 0 aromatic heterocycles. The SMILES string of the molecule is CC1(C)OB(c2ccc3c(c2)CC2(CCN(C4CC4)CC2)O3)OC1(C)C. The molecule has 0 unspecified atom stereocenters. The topological polar surface area (TPSA) is 30.9 Å². The fourth-order valence-electron chi connectivity index (χ4n) is 4.59. The number of fused-ring (bicyclic) bond motifs is 1. The molecule has 1 aromatic carbocycles. The summed E-state index contributed by atoms with van der Waals surface area (Å²) in [6, 6.07) is 7.35. The predicted molar refractivity (Wildman–Crippen MR) is 103 cm³/mol. The molecule has 3 aliphatic heterocycles. The highest BCUT2D eigenvalue weighted by atomic mass is 16.7. The van der Waals surface area contributed by atoms with Crippen molar-refractivity contribution >= 4 is 12.6 Å². The van der Waals surface area contributed by atoms with Gasteiger partial charge >= 0.3 is 7.12 Å². The highest BCUT2D eigenvalue weighted by Crippen LogP contribution is 2.43. The zero-order valence-electron chi connectivity index (χ0n) is 16.5. The molecule has 26 heavy (non-hydrogen) atoms. The number of likely N-dealkylation sites (tertiary alicyclic amines) is 1. The standard InChI is InChI=1S/C21H30BNO3/c1-19(2)20(3,4)26-22(25-19)16-5-8-18-15(13-16)14-21(24-18)9-11-23(12-10-21)17-6-7-17/h5,8,13,17H,6-7,9-12,14H2,1-4H3. The number of benzene rings is 1. The summed E-state index contributed by atoms with van der Waals surface area (Å²) in [5, 5.41) is 0. The van der Waals surface area contributed by atoms with Gasteiger partial charge in [0.05, 0.1) is 11.2 Å². The molecule has 3 heterocycles. The van der Waals surface area contributed by atoms with E-state index >= 15 is 0 Å². The van der Waals surface area contributed by atoms with Crippen LogP contribution < -0.4 is 10.2 Å². The first-order chi connectivity index (χ1) is 12.3. The van der Waals surface area contributed by atoms with E-state index in [4.69, 9.17) is 14.0 Å². The lowest BCUT2D eigenvalue weighted by atomic mass is 9.77. The summed E-state index contributed by atoms with van der Waals surface area (Å²) >= 11 is 0. The second-order valence-corrected chi connectivity index (χ2v) is 9.68. The van der Waals surface area contributed by atoms with Crippen LogP contribution >= 0.6 is 0 Å². The smallest absolute Gasteiger partial charge is 0.487 e. The second-order valence-electron chi connectivity index (χ2n) is 9.68. The minimum atomic E-state index is -0.302. The van der Waals surface area contributed by atoms with Crippen LogP contribution in [0.2, 0.25) is 0 Å². The van der Waals surface area contributed by atoms with Gasteiger partial charge in [-0.2, -0.15) is 0 Å². The summed E-state index contributed by atoms with van der Waals surface area (Å²) in [5.74, 6) is 1.06. The van der Waals surface area contributed by atoms with Crippen LogP contribution in [0.5, 0.6) is 5.75 Å². The monoisotopic (exact) mass is 355 g/mol. The van der Waals surface area contributed by atoms with Gasteiger partial charge in [-0.15, -0.1) is 0 Å². The summed E-state index contributed by atoms with van der Waals surface area (Å²) in [6.45, 7) is 10.8. The molecule has 5 heteroatoms. The van der Waals surface area contributed by atoms with E-state index in [9.17, 15) is 0 Å². The third-order valence-electron chi connectivity index (χ3n) is 7.22. The number of piperidine rings is 1. The van der Waals surface area contributed by atoms with Crippen LogP contribution in [0.15, 0.2) is 18.2 Å². The Bertz CT molecular complexity index is 704. The van der Waals surface area contributed by atoms with Crippen molar-refractivity contribution in [2.45, 2.75) is 82.6 Å². The van der Waals surface area contributed by atoms with E-state index in [-0.39, 0.29) is 23.9 Å². The van der Waals surface area contributed by atoms with Crippen molar-refractivity contribution < 1.29 is 14.0 Å². The van der Waals surface area contributed by atoms with Crippen molar-refractivity contribution in [1.29, 1.82) is 0 Å². The Morgan fingerprint density at radius 2 is 1.65 bits per heavy atom. The molecule has 140 valence electrons. The highest BCUT2D eigenvalue weighted by molar-refractivity contribution is 6.62. The maximum Gasteiger partial charge on any atom is 0.494 e. The molecule has 1 aromatic rings. The molecule has 1 spiro atoms. The number of rotatable bonds is 2. The zero-order chi connectivity index (χ0) is 18.2. The van der Waals surface area contributed by atoms with Crippen LogP contribution in [0.3, 0.4) is 0 Å². The number of nitrogens with zero attached hydrogens (tertiary/aromatic N) is 1. The fraction of sp³-hybridized carbons (Fsp3) is 0.714. The van der Waals surface area contributed by atoms with E-state index in [1.165, 1.54) is 31.5 Å². The van der Waals surface area contributed by atoms with E-state index in [1.807, 2.05) is 0 Å². The molecule has 4 nitrogen and oxygen atoms in total. The van der Waals surface area contributed by atoms with Gasteiger partial charge in [-0.05, 0) is 57.6 Å². The average molecular weight is 355 g/mol. The Hall–Kier alpha value is -1.04. The maximum absolute atomic E-state index is 6.48. The van der Waals surface area contributed by atoms with Gasteiger partial charge in [0.2, 0.25) is 0 Å². The van der Waals surface area contributed by atoms with Gasteiger partial charge in [-0.25, -0.2) is 0 Å². The van der Waals surface area contributed by atoms with Gasteiger partial charge in [-0.1, -0.05) is 12.1 Å². The normalized spacial score (nSPS) is 29.0. The number of ether oxygens (including phenoxy) is 1. The first-order valence-electron chi connectivity index (χ1n) is 10.2. The molecule has 2 saturated heterocycles. The third kappa shape index (κ3) is 2.71. The molecule has 0 atom stereocenters. The Morgan fingerprint density at radius 1 is 1.00 bits per heavy atom. The van der Waals surface area contributed by atoms with Crippen LogP contribution in [-0.4, -0.2) is 48.0 Å². The molecule has 1 saturated carbocycles. The molecule has 0 N–H and O–H groups in total. The molecule has 5 rings (SSSR count). The first kappa shape index (κ1) is 17.1. The quantitative estimate of drug-likeness (QED) is 0.764. The molecule has 0 radical (unpaired) electrons. The van der Waals surface area contributed by atoms with Crippen LogP contribution in [0, 0.1) is 0 Å². The van der Waals surface area contributed by atoms with E-state index in [1.54, 1.807) is 0 Å². The fourth-order valence-corrected chi connectivity index (χ4v) is 4.59. The van der Waals surface area contributed by atoms with E-state index in [0.717, 1.165) is 36.5 Å².